The van der Waals surface area contributed by atoms with Gasteiger partial charge in [0.1, 0.15) is 5.75 Å². The minimum atomic E-state index is -2.79. The van der Waals surface area contributed by atoms with E-state index in [4.69, 9.17) is 0 Å². The van der Waals surface area contributed by atoms with Gasteiger partial charge in [0.05, 0.1) is 0 Å². The number of halogens is 2. The molecule has 0 saturated heterocycles. The van der Waals surface area contributed by atoms with Crippen molar-refractivity contribution in [1.82, 2.24) is 0 Å². The van der Waals surface area contributed by atoms with Crippen LogP contribution in [0.1, 0.15) is 30.9 Å². The number of hydrogen-bond acceptors (Lipinski definition) is 1. The summed E-state index contributed by atoms with van der Waals surface area (Å²) in [6, 6.07) is 5.04. The standard InChI is InChI=1S/C13H15F2O/c1-3-5-6-11-7-10(4-2)8-12(9-11)16-13(14)15/h7-9,13H,2-3,5-6H2,1H3. The topological polar surface area (TPSA) is 9.23 Å². The average molecular weight is 225 g/mol. The van der Waals surface area contributed by atoms with Crippen molar-refractivity contribution in [3.8, 4) is 5.75 Å². The van der Waals surface area contributed by atoms with Crippen LogP contribution in [0.15, 0.2) is 24.8 Å². The molecule has 0 spiro atoms. The van der Waals surface area contributed by atoms with Crippen LogP contribution in [0.3, 0.4) is 0 Å². The summed E-state index contributed by atoms with van der Waals surface area (Å²) in [7, 11) is 0. The highest BCUT2D eigenvalue weighted by Crippen LogP contribution is 2.20. The Morgan fingerprint density at radius 3 is 2.69 bits per heavy atom. The van der Waals surface area contributed by atoms with Gasteiger partial charge in [0, 0.05) is 0 Å². The summed E-state index contributed by atoms with van der Waals surface area (Å²) >= 11 is 0. The normalized spacial score (nSPS) is 10.5. The third-order valence-corrected chi connectivity index (χ3v) is 2.21. The summed E-state index contributed by atoms with van der Waals surface area (Å²) in [6.45, 7) is 2.80. The fraction of sp³-hybridized carbons (Fsp3) is 0.385. The molecule has 16 heavy (non-hydrogen) atoms. The van der Waals surface area contributed by atoms with E-state index in [0.29, 0.717) is 5.56 Å². The lowest BCUT2D eigenvalue weighted by molar-refractivity contribution is -0.0498. The Balaban J connectivity index is 2.87. The van der Waals surface area contributed by atoms with Crippen molar-refractivity contribution in [3.05, 3.63) is 42.0 Å². The summed E-state index contributed by atoms with van der Waals surface area (Å²) in [5, 5.41) is 0. The monoisotopic (exact) mass is 225 g/mol. The van der Waals surface area contributed by atoms with Crippen LogP contribution >= 0.6 is 0 Å². The van der Waals surface area contributed by atoms with Crippen LogP contribution in [0.25, 0.3) is 0 Å². The van der Waals surface area contributed by atoms with E-state index < -0.39 is 6.61 Å². The van der Waals surface area contributed by atoms with Crippen LogP contribution in [0, 0.1) is 6.08 Å². The predicted molar refractivity (Wildman–Crippen MR) is 59.7 cm³/mol. The van der Waals surface area contributed by atoms with Crippen LogP contribution in [0.5, 0.6) is 5.75 Å². The van der Waals surface area contributed by atoms with Gasteiger partial charge in [-0.05, 0) is 42.2 Å². The van der Waals surface area contributed by atoms with Crippen molar-refractivity contribution in [2.45, 2.75) is 32.8 Å². The second-order valence-corrected chi connectivity index (χ2v) is 3.52. The Hall–Kier alpha value is -1.38. The molecule has 0 heterocycles. The fourth-order valence-electron chi connectivity index (χ4n) is 1.46. The highest BCUT2D eigenvalue weighted by molar-refractivity contribution is 5.37. The van der Waals surface area contributed by atoms with Gasteiger partial charge in [0.2, 0.25) is 0 Å². The molecular formula is C13H15F2O. The van der Waals surface area contributed by atoms with Crippen molar-refractivity contribution in [2.24, 2.45) is 0 Å². The molecule has 0 unspecified atom stereocenters. The number of aryl methyl sites for hydroxylation is 1. The first kappa shape index (κ1) is 12.7. The SMILES string of the molecule is C=[C]c1cc(CCCC)cc(OC(F)F)c1. The summed E-state index contributed by atoms with van der Waals surface area (Å²) in [5.74, 6) is 0.176. The fourth-order valence-corrected chi connectivity index (χ4v) is 1.46. The third kappa shape index (κ3) is 4.01. The molecule has 0 bridgehead atoms. The van der Waals surface area contributed by atoms with Crippen LogP contribution < -0.4 is 4.74 Å². The Kier molecular flexibility index (Phi) is 4.96. The van der Waals surface area contributed by atoms with Gasteiger partial charge in [0.25, 0.3) is 0 Å². The molecule has 1 aromatic carbocycles. The molecule has 3 heteroatoms. The second kappa shape index (κ2) is 6.26. The number of unbranched alkanes of at least 4 members (excludes halogenated alkanes) is 1. The average Bonchev–Trinajstić information content (AvgIpc) is 2.25. The van der Waals surface area contributed by atoms with E-state index in [2.05, 4.69) is 24.3 Å². The second-order valence-electron chi connectivity index (χ2n) is 3.52. The van der Waals surface area contributed by atoms with Gasteiger partial charge in [-0.15, -0.1) is 0 Å². The van der Waals surface area contributed by atoms with Gasteiger partial charge in [-0.3, -0.25) is 0 Å². The van der Waals surface area contributed by atoms with E-state index in [9.17, 15) is 8.78 Å². The van der Waals surface area contributed by atoms with Crippen LogP contribution in [0.2, 0.25) is 0 Å². The van der Waals surface area contributed by atoms with Crippen molar-refractivity contribution in [1.29, 1.82) is 0 Å². The molecule has 0 N–H and O–H groups in total. The molecule has 1 radical (unpaired) electrons. The molecule has 0 amide bonds. The number of alkyl halides is 2. The Bertz CT molecular complexity index is 348. The van der Waals surface area contributed by atoms with Gasteiger partial charge in [-0.25, -0.2) is 0 Å². The molecule has 0 aliphatic carbocycles. The van der Waals surface area contributed by atoms with E-state index >= 15 is 0 Å². The van der Waals surface area contributed by atoms with Gasteiger partial charge < -0.3 is 4.74 Å². The van der Waals surface area contributed by atoms with E-state index in [1.807, 2.05) is 6.07 Å². The zero-order chi connectivity index (χ0) is 12.0. The Morgan fingerprint density at radius 2 is 2.12 bits per heavy atom. The largest absolute Gasteiger partial charge is 0.435 e. The molecule has 0 aromatic heterocycles. The maximum Gasteiger partial charge on any atom is 0.387 e. The highest BCUT2D eigenvalue weighted by Gasteiger charge is 2.06. The quantitative estimate of drug-likeness (QED) is 0.711. The predicted octanol–water partition coefficient (Wildman–Crippen LogP) is 3.97. The molecule has 0 fully saturated rings. The zero-order valence-corrected chi connectivity index (χ0v) is 9.30. The molecular weight excluding hydrogens is 210 g/mol. The minimum Gasteiger partial charge on any atom is -0.435 e. The molecule has 1 rings (SSSR count). The Labute approximate surface area is 94.7 Å². The molecule has 0 atom stereocenters. The lowest BCUT2D eigenvalue weighted by Gasteiger charge is -2.08. The summed E-state index contributed by atoms with van der Waals surface area (Å²) in [5.41, 5.74) is 1.66. The van der Waals surface area contributed by atoms with Crippen molar-refractivity contribution in [2.75, 3.05) is 0 Å². The van der Waals surface area contributed by atoms with Crippen LogP contribution in [0.4, 0.5) is 8.78 Å². The molecule has 87 valence electrons. The molecule has 0 saturated carbocycles. The molecule has 1 aromatic rings. The van der Waals surface area contributed by atoms with Gasteiger partial charge in [0.15, 0.2) is 0 Å². The summed E-state index contributed by atoms with van der Waals surface area (Å²) in [4.78, 5) is 0. The number of hydrogen-bond donors (Lipinski definition) is 0. The van der Waals surface area contributed by atoms with E-state index in [1.54, 1.807) is 6.07 Å². The first-order valence-electron chi connectivity index (χ1n) is 5.27. The molecule has 0 aliphatic rings. The highest BCUT2D eigenvalue weighted by atomic mass is 19.3. The third-order valence-electron chi connectivity index (χ3n) is 2.21. The van der Waals surface area contributed by atoms with Gasteiger partial charge in [-0.2, -0.15) is 8.78 Å². The molecule has 0 aliphatic heterocycles. The molecule has 1 nitrogen and oxygen atoms in total. The maximum atomic E-state index is 12.1. The van der Waals surface area contributed by atoms with E-state index in [0.717, 1.165) is 24.8 Å². The van der Waals surface area contributed by atoms with Crippen molar-refractivity contribution < 1.29 is 13.5 Å². The summed E-state index contributed by atoms with van der Waals surface area (Å²) < 4.78 is 28.5. The number of rotatable bonds is 6. The van der Waals surface area contributed by atoms with Gasteiger partial charge in [-0.1, -0.05) is 26.0 Å². The Morgan fingerprint density at radius 1 is 1.38 bits per heavy atom. The van der Waals surface area contributed by atoms with Crippen molar-refractivity contribution in [3.63, 3.8) is 0 Å². The number of ether oxygens (including phenoxy) is 1. The van der Waals surface area contributed by atoms with E-state index in [1.165, 1.54) is 6.07 Å². The maximum absolute atomic E-state index is 12.1. The zero-order valence-electron chi connectivity index (χ0n) is 9.30. The summed E-state index contributed by atoms with van der Waals surface area (Å²) in [6.07, 6.45) is 5.62. The number of benzene rings is 1. The lowest BCUT2D eigenvalue weighted by Crippen LogP contribution is -2.02. The lowest BCUT2D eigenvalue weighted by atomic mass is 10.0. The van der Waals surface area contributed by atoms with Crippen LogP contribution in [-0.2, 0) is 6.42 Å². The first-order chi connectivity index (χ1) is 7.65. The van der Waals surface area contributed by atoms with E-state index in [-0.39, 0.29) is 5.75 Å². The van der Waals surface area contributed by atoms with Crippen LogP contribution in [-0.4, -0.2) is 6.61 Å². The van der Waals surface area contributed by atoms with Crippen molar-refractivity contribution >= 4 is 0 Å². The first-order valence-corrected chi connectivity index (χ1v) is 5.27. The minimum absolute atomic E-state index is 0.176. The van der Waals surface area contributed by atoms with Gasteiger partial charge >= 0.3 is 6.61 Å². The smallest absolute Gasteiger partial charge is 0.387 e.